The van der Waals surface area contributed by atoms with Gasteiger partial charge in [0, 0.05) is 11.1 Å². The van der Waals surface area contributed by atoms with Gasteiger partial charge in [-0.3, -0.25) is 9.97 Å². The van der Waals surface area contributed by atoms with E-state index in [0.717, 1.165) is 11.1 Å². The van der Waals surface area contributed by atoms with Crippen molar-refractivity contribution in [2.75, 3.05) is 0 Å². The molecule has 0 atom stereocenters. The van der Waals surface area contributed by atoms with Crippen molar-refractivity contribution in [3.63, 3.8) is 0 Å². The lowest BCUT2D eigenvalue weighted by Gasteiger charge is -2.27. The molecule has 4 rings (SSSR count). The van der Waals surface area contributed by atoms with Crippen LogP contribution in [0.3, 0.4) is 0 Å². The van der Waals surface area contributed by atoms with E-state index < -0.39 is 11.4 Å². The number of nitrogens with zero attached hydrogens (tertiary/aromatic N) is 1. The van der Waals surface area contributed by atoms with E-state index in [0.29, 0.717) is 17.3 Å². The first-order valence-corrected chi connectivity index (χ1v) is 6.78. The molecule has 2 aromatic carbocycles. The molecule has 2 N–H and O–H groups in total. The SMILES string of the molecule is O=c1nc(C2c3ccccc3Oc3ccccc32)[nH]c(=O)[nH]1. The third-order valence-electron chi connectivity index (χ3n) is 3.64. The monoisotopic (exact) mass is 293 g/mol. The predicted octanol–water partition coefficient (Wildman–Crippen LogP) is 1.74. The maximum atomic E-state index is 11.6. The van der Waals surface area contributed by atoms with E-state index in [1.807, 2.05) is 48.5 Å². The highest BCUT2D eigenvalue weighted by molar-refractivity contribution is 5.56. The molecule has 3 aromatic rings. The fraction of sp³-hybridized carbons (Fsp3) is 0.0625. The summed E-state index contributed by atoms with van der Waals surface area (Å²) in [5.41, 5.74) is 0.474. The highest BCUT2D eigenvalue weighted by Crippen LogP contribution is 2.45. The predicted molar refractivity (Wildman–Crippen MR) is 79.4 cm³/mol. The van der Waals surface area contributed by atoms with E-state index in [1.54, 1.807) is 0 Å². The molecule has 0 aliphatic carbocycles. The van der Waals surface area contributed by atoms with Gasteiger partial charge in [-0.2, -0.15) is 4.98 Å². The zero-order valence-electron chi connectivity index (χ0n) is 11.4. The van der Waals surface area contributed by atoms with E-state index in [2.05, 4.69) is 15.0 Å². The fourth-order valence-corrected chi connectivity index (χ4v) is 2.75. The topological polar surface area (TPSA) is 87.8 Å². The Hall–Kier alpha value is -3.15. The van der Waals surface area contributed by atoms with Crippen LogP contribution in [0, 0.1) is 0 Å². The molecule has 108 valence electrons. The Bertz CT molecular complexity index is 901. The van der Waals surface area contributed by atoms with E-state index >= 15 is 0 Å². The van der Waals surface area contributed by atoms with Crippen LogP contribution in [0.15, 0.2) is 58.1 Å². The Morgan fingerprint density at radius 1 is 0.864 bits per heavy atom. The molecule has 0 radical (unpaired) electrons. The second-order valence-corrected chi connectivity index (χ2v) is 4.99. The van der Waals surface area contributed by atoms with E-state index in [1.165, 1.54) is 0 Å². The summed E-state index contributed by atoms with van der Waals surface area (Å²) in [5, 5.41) is 0. The average Bonchev–Trinajstić information content (AvgIpc) is 2.51. The first-order chi connectivity index (χ1) is 10.7. The zero-order valence-corrected chi connectivity index (χ0v) is 11.4. The van der Waals surface area contributed by atoms with E-state index in [9.17, 15) is 9.59 Å². The summed E-state index contributed by atoms with van der Waals surface area (Å²) >= 11 is 0. The average molecular weight is 293 g/mol. The largest absolute Gasteiger partial charge is 0.457 e. The van der Waals surface area contributed by atoms with Crippen molar-refractivity contribution in [1.82, 2.24) is 15.0 Å². The summed E-state index contributed by atoms with van der Waals surface area (Å²) in [4.78, 5) is 31.8. The van der Waals surface area contributed by atoms with Crippen molar-refractivity contribution >= 4 is 0 Å². The lowest BCUT2D eigenvalue weighted by Crippen LogP contribution is -2.29. The van der Waals surface area contributed by atoms with Crippen molar-refractivity contribution in [2.24, 2.45) is 0 Å². The van der Waals surface area contributed by atoms with Gasteiger partial charge < -0.3 is 4.74 Å². The Morgan fingerprint density at radius 2 is 1.45 bits per heavy atom. The number of benzene rings is 2. The maximum absolute atomic E-state index is 11.6. The molecule has 0 saturated carbocycles. The number of hydrogen-bond donors (Lipinski definition) is 2. The lowest BCUT2D eigenvalue weighted by molar-refractivity contribution is 0.450. The van der Waals surface area contributed by atoms with Gasteiger partial charge in [0.1, 0.15) is 17.3 Å². The minimum atomic E-state index is -0.666. The van der Waals surface area contributed by atoms with Gasteiger partial charge in [-0.25, -0.2) is 9.59 Å². The van der Waals surface area contributed by atoms with Gasteiger partial charge in [0.2, 0.25) is 0 Å². The Kier molecular flexibility index (Phi) is 2.69. The number of fused-ring (bicyclic) bond motifs is 2. The van der Waals surface area contributed by atoms with Crippen LogP contribution in [0.5, 0.6) is 11.5 Å². The van der Waals surface area contributed by atoms with Gasteiger partial charge in [0.25, 0.3) is 0 Å². The summed E-state index contributed by atoms with van der Waals surface area (Å²) < 4.78 is 5.88. The van der Waals surface area contributed by atoms with Crippen LogP contribution in [0.4, 0.5) is 0 Å². The number of H-pyrrole nitrogens is 2. The molecule has 1 aromatic heterocycles. The summed E-state index contributed by atoms with van der Waals surface area (Å²) in [6.45, 7) is 0. The number of hydrogen-bond acceptors (Lipinski definition) is 4. The molecule has 1 aliphatic heterocycles. The molecule has 1 aliphatic rings. The molecule has 0 amide bonds. The van der Waals surface area contributed by atoms with Crippen molar-refractivity contribution in [1.29, 1.82) is 0 Å². The van der Waals surface area contributed by atoms with Gasteiger partial charge in [-0.1, -0.05) is 36.4 Å². The summed E-state index contributed by atoms with van der Waals surface area (Å²) in [5.74, 6) is 1.33. The number of aromatic amines is 2. The fourth-order valence-electron chi connectivity index (χ4n) is 2.75. The van der Waals surface area contributed by atoms with Crippen LogP contribution in [0.25, 0.3) is 0 Å². The van der Waals surface area contributed by atoms with Crippen LogP contribution in [-0.2, 0) is 0 Å². The first kappa shape index (κ1) is 12.6. The summed E-state index contributed by atoms with van der Waals surface area (Å²) in [7, 11) is 0. The first-order valence-electron chi connectivity index (χ1n) is 6.78. The van der Waals surface area contributed by atoms with Crippen molar-refractivity contribution in [3.05, 3.63) is 86.5 Å². The molecule has 0 fully saturated rings. The van der Waals surface area contributed by atoms with Crippen LogP contribution in [-0.4, -0.2) is 15.0 Å². The Morgan fingerprint density at radius 3 is 2.05 bits per heavy atom. The molecule has 0 spiro atoms. The van der Waals surface area contributed by atoms with Gasteiger partial charge in [-0.15, -0.1) is 0 Å². The van der Waals surface area contributed by atoms with Gasteiger partial charge in [0.05, 0.1) is 5.92 Å². The lowest BCUT2D eigenvalue weighted by atomic mass is 9.87. The second-order valence-electron chi connectivity index (χ2n) is 4.99. The smallest absolute Gasteiger partial charge is 0.350 e. The van der Waals surface area contributed by atoms with E-state index in [-0.39, 0.29) is 5.92 Å². The maximum Gasteiger partial charge on any atom is 0.350 e. The normalized spacial score (nSPS) is 13.1. The molecule has 6 heteroatoms. The standard InChI is InChI=1S/C16H11N3O3/c20-15-17-14(18-16(21)19-15)13-9-5-1-3-7-11(9)22-12-8-4-2-6-10(12)13/h1-8,13H,(H2,17,18,19,20,21). The molecule has 6 nitrogen and oxygen atoms in total. The van der Waals surface area contributed by atoms with Crippen molar-refractivity contribution in [3.8, 4) is 11.5 Å². The van der Waals surface area contributed by atoms with Gasteiger partial charge in [0.15, 0.2) is 0 Å². The summed E-state index contributed by atoms with van der Waals surface area (Å²) in [6, 6.07) is 15.0. The van der Waals surface area contributed by atoms with Crippen LogP contribution in [0.1, 0.15) is 22.9 Å². The molecule has 2 heterocycles. The quantitative estimate of drug-likeness (QED) is 0.559. The minimum absolute atomic E-state index is 0.303. The highest BCUT2D eigenvalue weighted by atomic mass is 16.5. The Labute approximate surface area is 124 Å². The summed E-state index contributed by atoms with van der Waals surface area (Å²) in [6.07, 6.45) is 0. The van der Waals surface area contributed by atoms with Crippen molar-refractivity contribution < 1.29 is 4.74 Å². The van der Waals surface area contributed by atoms with Gasteiger partial charge in [-0.05, 0) is 12.1 Å². The van der Waals surface area contributed by atoms with Crippen LogP contribution in [0.2, 0.25) is 0 Å². The second kappa shape index (κ2) is 4.70. The molecular formula is C16H11N3O3. The molecular weight excluding hydrogens is 282 g/mol. The number of aromatic nitrogens is 3. The number of rotatable bonds is 1. The van der Waals surface area contributed by atoms with Crippen LogP contribution < -0.4 is 16.1 Å². The molecule has 0 saturated heterocycles. The molecule has 0 unspecified atom stereocenters. The van der Waals surface area contributed by atoms with Crippen molar-refractivity contribution in [2.45, 2.75) is 5.92 Å². The number of ether oxygens (including phenoxy) is 1. The minimum Gasteiger partial charge on any atom is -0.457 e. The number of nitrogens with one attached hydrogen (secondary N) is 2. The number of para-hydroxylation sites is 2. The molecule has 0 bridgehead atoms. The van der Waals surface area contributed by atoms with Crippen LogP contribution >= 0.6 is 0 Å². The molecule has 22 heavy (non-hydrogen) atoms. The van der Waals surface area contributed by atoms with Gasteiger partial charge >= 0.3 is 11.4 Å². The zero-order chi connectivity index (χ0) is 15.1. The Balaban J connectivity index is 2.02. The third-order valence-corrected chi connectivity index (χ3v) is 3.64. The highest BCUT2D eigenvalue weighted by Gasteiger charge is 2.30. The van der Waals surface area contributed by atoms with E-state index in [4.69, 9.17) is 4.74 Å². The third kappa shape index (κ3) is 1.93.